The molecule has 0 bridgehead atoms. The Hall–Kier alpha value is -1.95. The summed E-state index contributed by atoms with van der Waals surface area (Å²) < 4.78 is 18.6. The van der Waals surface area contributed by atoms with E-state index < -0.39 is 0 Å². The van der Waals surface area contributed by atoms with Crippen LogP contribution in [0.2, 0.25) is 0 Å². The molecule has 1 aromatic carbocycles. The SMILES string of the molecule is O=C(Nc1cccc(F)c1)C1CCN(C(=O)C2CCCO2)CC1. The van der Waals surface area contributed by atoms with Gasteiger partial charge in [0.15, 0.2) is 0 Å². The summed E-state index contributed by atoms with van der Waals surface area (Å²) in [5.74, 6) is -0.585. The van der Waals surface area contributed by atoms with Gasteiger partial charge in [0, 0.05) is 31.3 Å². The zero-order valence-electron chi connectivity index (χ0n) is 13.0. The van der Waals surface area contributed by atoms with Gasteiger partial charge in [-0.2, -0.15) is 0 Å². The molecule has 0 aliphatic carbocycles. The van der Waals surface area contributed by atoms with E-state index in [-0.39, 0.29) is 29.7 Å². The molecule has 6 heteroatoms. The molecule has 2 aliphatic heterocycles. The Kier molecular flexibility index (Phi) is 4.91. The molecular weight excluding hydrogens is 299 g/mol. The molecule has 2 amide bonds. The number of amides is 2. The molecule has 0 spiro atoms. The summed E-state index contributed by atoms with van der Waals surface area (Å²) >= 11 is 0. The topological polar surface area (TPSA) is 58.6 Å². The lowest BCUT2D eigenvalue weighted by Crippen LogP contribution is -2.45. The molecule has 2 heterocycles. The van der Waals surface area contributed by atoms with Crippen LogP contribution in [0.1, 0.15) is 25.7 Å². The van der Waals surface area contributed by atoms with Crippen molar-refractivity contribution in [1.29, 1.82) is 0 Å². The first kappa shape index (κ1) is 15.9. The van der Waals surface area contributed by atoms with E-state index in [9.17, 15) is 14.0 Å². The first-order valence-electron chi connectivity index (χ1n) is 8.10. The highest BCUT2D eigenvalue weighted by Crippen LogP contribution is 2.22. The average molecular weight is 320 g/mol. The van der Waals surface area contributed by atoms with Crippen molar-refractivity contribution in [3.8, 4) is 0 Å². The van der Waals surface area contributed by atoms with Crippen molar-refractivity contribution in [1.82, 2.24) is 4.90 Å². The van der Waals surface area contributed by atoms with Gasteiger partial charge >= 0.3 is 0 Å². The molecule has 2 aliphatic rings. The number of hydrogen-bond donors (Lipinski definition) is 1. The van der Waals surface area contributed by atoms with Crippen LogP contribution in [0.15, 0.2) is 24.3 Å². The molecule has 124 valence electrons. The summed E-state index contributed by atoms with van der Waals surface area (Å²) in [7, 11) is 0. The van der Waals surface area contributed by atoms with Crippen molar-refractivity contribution in [2.45, 2.75) is 31.8 Å². The second kappa shape index (κ2) is 7.08. The number of nitrogens with one attached hydrogen (secondary N) is 1. The number of anilines is 1. The maximum absolute atomic E-state index is 13.1. The van der Waals surface area contributed by atoms with E-state index in [2.05, 4.69) is 5.32 Å². The maximum atomic E-state index is 13.1. The third-order valence-electron chi connectivity index (χ3n) is 4.47. The highest BCUT2D eigenvalue weighted by Gasteiger charge is 2.32. The van der Waals surface area contributed by atoms with Gasteiger partial charge in [-0.1, -0.05) is 6.07 Å². The molecule has 23 heavy (non-hydrogen) atoms. The Labute approximate surface area is 134 Å². The molecule has 0 radical (unpaired) electrons. The van der Waals surface area contributed by atoms with Gasteiger partial charge in [0.2, 0.25) is 5.91 Å². The minimum absolute atomic E-state index is 0.0477. The zero-order valence-corrected chi connectivity index (χ0v) is 13.0. The number of carbonyl (C=O) groups excluding carboxylic acids is 2. The lowest BCUT2D eigenvalue weighted by atomic mass is 9.95. The number of rotatable bonds is 3. The van der Waals surface area contributed by atoms with E-state index in [0.717, 1.165) is 12.8 Å². The normalized spacial score (nSPS) is 22.1. The van der Waals surface area contributed by atoms with Crippen LogP contribution in [0.3, 0.4) is 0 Å². The quantitative estimate of drug-likeness (QED) is 0.929. The van der Waals surface area contributed by atoms with Crippen LogP contribution in [0.5, 0.6) is 0 Å². The molecule has 2 fully saturated rings. The molecule has 3 rings (SSSR count). The van der Waals surface area contributed by atoms with E-state index in [1.807, 2.05) is 0 Å². The molecule has 5 nitrogen and oxygen atoms in total. The van der Waals surface area contributed by atoms with Crippen molar-refractivity contribution in [3.05, 3.63) is 30.1 Å². The Morgan fingerprint density at radius 3 is 2.65 bits per heavy atom. The Balaban J connectivity index is 1.50. The van der Waals surface area contributed by atoms with Gasteiger partial charge in [-0.05, 0) is 43.9 Å². The molecule has 1 N–H and O–H groups in total. The lowest BCUT2D eigenvalue weighted by molar-refractivity contribution is -0.143. The van der Waals surface area contributed by atoms with Gasteiger partial charge in [-0.25, -0.2) is 4.39 Å². The van der Waals surface area contributed by atoms with Crippen molar-refractivity contribution >= 4 is 17.5 Å². The van der Waals surface area contributed by atoms with Crippen LogP contribution in [0, 0.1) is 11.7 Å². The van der Waals surface area contributed by atoms with Gasteiger partial charge in [0.05, 0.1) is 0 Å². The van der Waals surface area contributed by atoms with Crippen molar-refractivity contribution in [3.63, 3.8) is 0 Å². The van der Waals surface area contributed by atoms with E-state index in [4.69, 9.17) is 4.74 Å². The predicted molar refractivity (Wildman–Crippen MR) is 83.3 cm³/mol. The van der Waals surface area contributed by atoms with Gasteiger partial charge in [0.1, 0.15) is 11.9 Å². The molecule has 1 atom stereocenters. The number of ether oxygens (including phenoxy) is 1. The molecular formula is C17H21FN2O3. The smallest absolute Gasteiger partial charge is 0.251 e. The summed E-state index contributed by atoms with van der Waals surface area (Å²) in [6, 6.07) is 5.86. The highest BCUT2D eigenvalue weighted by atomic mass is 19.1. The molecule has 1 unspecified atom stereocenters. The standard InChI is InChI=1S/C17H21FN2O3/c18-13-3-1-4-14(11-13)19-16(21)12-6-8-20(9-7-12)17(22)15-5-2-10-23-15/h1,3-4,11-12,15H,2,5-10H2,(H,19,21). The van der Waals surface area contributed by atoms with E-state index in [1.165, 1.54) is 12.1 Å². The third kappa shape index (κ3) is 3.88. The van der Waals surface area contributed by atoms with Crippen LogP contribution >= 0.6 is 0 Å². The summed E-state index contributed by atoms with van der Waals surface area (Å²) in [6.45, 7) is 1.79. The van der Waals surface area contributed by atoms with Gasteiger partial charge < -0.3 is 15.0 Å². The molecule has 0 saturated carbocycles. The van der Waals surface area contributed by atoms with E-state index in [0.29, 0.717) is 38.2 Å². The van der Waals surface area contributed by atoms with Crippen molar-refractivity contribution < 1.29 is 18.7 Å². The summed E-state index contributed by atoms with van der Waals surface area (Å²) in [6.07, 6.45) is 2.67. The second-order valence-corrected chi connectivity index (χ2v) is 6.10. The summed E-state index contributed by atoms with van der Waals surface area (Å²) in [4.78, 5) is 26.3. The molecule has 0 aromatic heterocycles. The zero-order chi connectivity index (χ0) is 16.2. The van der Waals surface area contributed by atoms with Crippen LogP contribution in [-0.2, 0) is 14.3 Å². The largest absolute Gasteiger partial charge is 0.368 e. The predicted octanol–water partition coefficient (Wildman–Crippen LogP) is 2.18. The van der Waals surface area contributed by atoms with E-state index >= 15 is 0 Å². The van der Waals surface area contributed by atoms with Gasteiger partial charge in [0.25, 0.3) is 5.91 Å². The number of likely N-dealkylation sites (tertiary alicyclic amines) is 1. The Morgan fingerprint density at radius 1 is 1.22 bits per heavy atom. The second-order valence-electron chi connectivity index (χ2n) is 6.10. The van der Waals surface area contributed by atoms with E-state index in [1.54, 1.807) is 17.0 Å². The third-order valence-corrected chi connectivity index (χ3v) is 4.47. The van der Waals surface area contributed by atoms with Gasteiger partial charge in [-0.3, -0.25) is 9.59 Å². The first-order chi connectivity index (χ1) is 11.1. The Bertz CT molecular complexity index is 579. The number of benzene rings is 1. The average Bonchev–Trinajstić information content (AvgIpc) is 3.09. The number of carbonyl (C=O) groups is 2. The van der Waals surface area contributed by atoms with Crippen LogP contribution in [0.25, 0.3) is 0 Å². The monoisotopic (exact) mass is 320 g/mol. The number of nitrogens with zero attached hydrogens (tertiary/aromatic N) is 1. The fourth-order valence-electron chi connectivity index (χ4n) is 3.15. The van der Waals surface area contributed by atoms with Crippen LogP contribution in [-0.4, -0.2) is 42.5 Å². The number of piperidine rings is 1. The fourth-order valence-corrected chi connectivity index (χ4v) is 3.15. The molecule has 2 saturated heterocycles. The minimum Gasteiger partial charge on any atom is -0.368 e. The maximum Gasteiger partial charge on any atom is 0.251 e. The Morgan fingerprint density at radius 2 is 2.00 bits per heavy atom. The van der Waals surface area contributed by atoms with Gasteiger partial charge in [-0.15, -0.1) is 0 Å². The lowest BCUT2D eigenvalue weighted by Gasteiger charge is -2.32. The minimum atomic E-state index is -0.375. The fraction of sp³-hybridized carbons (Fsp3) is 0.529. The van der Waals surface area contributed by atoms with Crippen molar-refractivity contribution in [2.24, 2.45) is 5.92 Å². The van der Waals surface area contributed by atoms with Crippen LogP contribution < -0.4 is 5.32 Å². The highest BCUT2D eigenvalue weighted by molar-refractivity contribution is 5.92. The number of hydrogen-bond acceptors (Lipinski definition) is 3. The van der Waals surface area contributed by atoms with Crippen LogP contribution in [0.4, 0.5) is 10.1 Å². The summed E-state index contributed by atoms with van der Waals surface area (Å²) in [5.41, 5.74) is 0.466. The van der Waals surface area contributed by atoms with Crippen molar-refractivity contribution in [2.75, 3.05) is 25.0 Å². The number of halogens is 1. The first-order valence-corrected chi connectivity index (χ1v) is 8.10. The molecule has 1 aromatic rings. The summed E-state index contributed by atoms with van der Waals surface area (Å²) in [5, 5.41) is 2.74.